The summed E-state index contributed by atoms with van der Waals surface area (Å²) in [6, 6.07) is 3.13. The SMILES string of the molecule is CC1(C)CCCN(S(=O)(=O)c2cccnc2NN)C1. The highest BCUT2D eigenvalue weighted by Gasteiger charge is 2.35. The maximum Gasteiger partial charge on any atom is 0.246 e. The van der Waals surface area contributed by atoms with Gasteiger partial charge in [0.05, 0.1) is 0 Å². The van der Waals surface area contributed by atoms with E-state index in [0.29, 0.717) is 13.1 Å². The first kappa shape index (κ1) is 14.2. The fraction of sp³-hybridized carbons (Fsp3) is 0.583. The van der Waals surface area contributed by atoms with E-state index >= 15 is 0 Å². The molecule has 106 valence electrons. The van der Waals surface area contributed by atoms with E-state index in [2.05, 4.69) is 24.3 Å². The topological polar surface area (TPSA) is 88.3 Å². The third-order valence-corrected chi connectivity index (χ3v) is 5.27. The molecule has 1 aliphatic rings. The number of sulfonamides is 1. The van der Waals surface area contributed by atoms with E-state index in [4.69, 9.17) is 5.84 Å². The molecule has 0 amide bonds. The van der Waals surface area contributed by atoms with Crippen molar-refractivity contribution in [1.82, 2.24) is 9.29 Å². The van der Waals surface area contributed by atoms with E-state index in [0.717, 1.165) is 12.8 Å². The predicted molar refractivity (Wildman–Crippen MR) is 73.8 cm³/mol. The molecule has 0 bridgehead atoms. The van der Waals surface area contributed by atoms with Crippen molar-refractivity contribution in [2.24, 2.45) is 11.3 Å². The Kier molecular flexibility index (Phi) is 3.80. The number of rotatable bonds is 3. The molecule has 0 aromatic carbocycles. The van der Waals surface area contributed by atoms with Crippen molar-refractivity contribution in [2.45, 2.75) is 31.6 Å². The van der Waals surface area contributed by atoms with Crippen LogP contribution in [0.25, 0.3) is 0 Å². The molecule has 0 radical (unpaired) electrons. The average molecular weight is 284 g/mol. The Balaban J connectivity index is 2.37. The highest BCUT2D eigenvalue weighted by Crippen LogP contribution is 2.32. The normalized spacial score (nSPS) is 20.2. The molecule has 1 aliphatic heterocycles. The van der Waals surface area contributed by atoms with Gasteiger partial charge in [0.25, 0.3) is 0 Å². The number of nitrogen functional groups attached to an aromatic ring is 1. The van der Waals surface area contributed by atoms with E-state index in [9.17, 15) is 8.42 Å². The van der Waals surface area contributed by atoms with Crippen LogP contribution < -0.4 is 11.3 Å². The standard InChI is InChI=1S/C12H20N4O2S/c1-12(2)6-4-8-16(9-12)19(17,18)10-5-3-7-14-11(10)15-13/h3,5,7H,4,6,8-9,13H2,1-2H3,(H,14,15). The molecule has 0 atom stereocenters. The summed E-state index contributed by atoms with van der Waals surface area (Å²) >= 11 is 0. The van der Waals surface area contributed by atoms with Crippen molar-refractivity contribution < 1.29 is 8.42 Å². The summed E-state index contributed by atoms with van der Waals surface area (Å²) < 4.78 is 26.8. The Bertz CT molecular complexity index is 557. The Morgan fingerprint density at radius 2 is 2.21 bits per heavy atom. The van der Waals surface area contributed by atoms with E-state index in [1.807, 2.05) is 0 Å². The summed E-state index contributed by atoms with van der Waals surface area (Å²) in [5.74, 6) is 5.52. The summed E-state index contributed by atoms with van der Waals surface area (Å²) in [6.07, 6.45) is 3.42. The molecule has 0 saturated carbocycles. The van der Waals surface area contributed by atoms with Crippen molar-refractivity contribution in [2.75, 3.05) is 18.5 Å². The van der Waals surface area contributed by atoms with Gasteiger partial charge in [-0.05, 0) is 30.4 Å². The fourth-order valence-corrected chi connectivity index (χ4v) is 4.19. The Hall–Kier alpha value is -1.18. The van der Waals surface area contributed by atoms with Crippen LogP contribution >= 0.6 is 0 Å². The number of anilines is 1. The number of hydrazine groups is 1. The summed E-state index contributed by atoms with van der Waals surface area (Å²) in [6.45, 7) is 5.24. The van der Waals surface area contributed by atoms with E-state index < -0.39 is 10.0 Å². The lowest BCUT2D eigenvalue weighted by molar-refractivity contribution is 0.187. The molecule has 0 spiro atoms. The average Bonchev–Trinajstić information content (AvgIpc) is 2.37. The van der Waals surface area contributed by atoms with Crippen molar-refractivity contribution >= 4 is 15.8 Å². The molecule has 3 N–H and O–H groups in total. The molecule has 7 heteroatoms. The molecule has 1 aromatic heterocycles. The van der Waals surface area contributed by atoms with Crippen LogP contribution in [0.5, 0.6) is 0 Å². The predicted octanol–water partition coefficient (Wildman–Crippen LogP) is 1.18. The van der Waals surface area contributed by atoms with Gasteiger partial charge < -0.3 is 5.43 Å². The molecule has 2 rings (SSSR count). The van der Waals surface area contributed by atoms with E-state index in [1.54, 1.807) is 6.07 Å². The second kappa shape index (κ2) is 5.07. The summed E-state index contributed by atoms with van der Waals surface area (Å²) in [7, 11) is -3.55. The highest BCUT2D eigenvalue weighted by molar-refractivity contribution is 7.89. The first-order valence-electron chi connectivity index (χ1n) is 6.29. The largest absolute Gasteiger partial charge is 0.307 e. The quantitative estimate of drug-likeness (QED) is 0.642. The molecule has 1 fully saturated rings. The third kappa shape index (κ3) is 2.88. The maximum atomic E-state index is 12.6. The number of hydrogen-bond acceptors (Lipinski definition) is 5. The van der Waals surface area contributed by atoms with Crippen molar-refractivity contribution in [3.8, 4) is 0 Å². The van der Waals surface area contributed by atoms with Crippen molar-refractivity contribution in [3.63, 3.8) is 0 Å². The molecule has 2 heterocycles. The smallest absolute Gasteiger partial charge is 0.246 e. The molecule has 1 saturated heterocycles. The number of nitrogens with two attached hydrogens (primary N) is 1. The monoisotopic (exact) mass is 284 g/mol. The van der Waals surface area contributed by atoms with Crippen LogP contribution in [-0.2, 0) is 10.0 Å². The lowest BCUT2D eigenvalue weighted by atomic mass is 9.85. The van der Waals surface area contributed by atoms with Crippen LogP contribution in [0.3, 0.4) is 0 Å². The van der Waals surface area contributed by atoms with E-state index in [1.165, 1.54) is 16.6 Å². The van der Waals surface area contributed by atoms with Crippen LogP contribution in [0.1, 0.15) is 26.7 Å². The molecule has 0 aliphatic carbocycles. The second-order valence-corrected chi connectivity index (χ2v) is 7.51. The van der Waals surface area contributed by atoms with Gasteiger partial charge in [0.15, 0.2) is 5.82 Å². The molecule has 6 nitrogen and oxygen atoms in total. The van der Waals surface area contributed by atoms with Gasteiger partial charge in [0.1, 0.15) is 4.90 Å². The number of nitrogens with zero attached hydrogens (tertiary/aromatic N) is 2. The zero-order chi connectivity index (χ0) is 14.1. The number of nitrogens with one attached hydrogen (secondary N) is 1. The molecular weight excluding hydrogens is 264 g/mol. The van der Waals surface area contributed by atoms with Gasteiger partial charge in [0, 0.05) is 19.3 Å². The fourth-order valence-electron chi connectivity index (χ4n) is 2.42. The van der Waals surface area contributed by atoms with E-state index in [-0.39, 0.29) is 16.1 Å². The minimum atomic E-state index is -3.55. The minimum Gasteiger partial charge on any atom is -0.307 e. The lowest BCUT2D eigenvalue weighted by Gasteiger charge is -2.37. The van der Waals surface area contributed by atoms with Gasteiger partial charge in [-0.3, -0.25) is 0 Å². The Labute approximate surface area is 114 Å². The Morgan fingerprint density at radius 3 is 2.84 bits per heavy atom. The molecule has 0 unspecified atom stereocenters. The van der Waals surface area contributed by atoms with Gasteiger partial charge >= 0.3 is 0 Å². The maximum absolute atomic E-state index is 12.6. The van der Waals surface area contributed by atoms with Gasteiger partial charge in [-0.15, -0.1) is 0 Å². The summed E-state index contributed by atoms with van der Waals surface area (Å²) in [4.78, 5) is 4.09. The van der Waals surface area contributed by atoms with Crippen LogP contribution in [0.4, 0.5) is 5.82 Å². The number of aromatic nitrogens is 1. The zero-order valence-corrected chi connectivity index (χ0v) is 12.1. The first-order chi connectivity index (χ1) is 8.87. The van der Waals surface area contributed by atoms with Crippen LogP contribution in [-0.4, -0.2) is 30.8 Å². The highest BCUT2D eigenvalue weighted by atomic mass is 32.2. The first-order valence-corrected chi connectivity index (χ1v) is 7.73. The number of piperidine rings is 1. The van der Waals surface area contributed by atoms with Gasteiger partial charge in [-0.2, -0.15) is 4.31 Å². The Morgan fingerprint density at radius 1 is 1.47 bits per heavy atom. The molecule has 19 heavy (non-hydrogen) atoms. The lowest BCUT2D eigenvalue weighted by Crippen LogP contribution is -2.43. The summed E-state index contributed by atoms with van der Waals surface area (Å²) in [5, 5.41) is 0. The molecular formula is C12H20N4O2S. The zero-order valence-electron chi connectivity index (χ0n) is 11.3. The second-order valence-electron chi connectivity index (χ2n) is 5.60. The number of pyridine rings is 1. The minimum absolute atomic E-state index is 0.00381. The van der Waals surface area contributed by atoms with Crippen LogP contribution in [0, 0.1) is 5.41 Å². The summed E-state index contributed by atoms with van der Waals surface area (Å²) in [5.41, 5.74) is 2.35. The number of hydrogen-bond donors (Lipinski definition) is 2. The van der Waals surface area contributed by atoms with Gasteiger partial charge in [-0.1, -0.05) is 13.8 Å². The molecule has 1 aromatic rings. The van der Waals surface area contributed by atoms with Crippen molar-refractivity contribution in [3.05, 3.63) is 18.3 Å². The van der Waals surface area contributed by atoms with Crippen molar-refractivity contribution in [1.29, 1.82) is 0 Å². The third-order valence-electron chi connectivity index (χ3n) is 3.39. The van der Waals surface area contributed by atoms with Crippen LogP contribution in [0.15, 0.2) is 23.2 Å². The van der Waals surface area contributed by atoms with Gasteiger partial charge in [0.2, 0.25) is 10.0 Å². The van der Waals surface area contributed by atoms with Gasteiger partial charge in [-0.25, -0.2) is 19.2 Å². The van der Waals surface area contributed by atoms with Crippen LogP contribution in [0.2, 0.25) is 0 Å².